The third kappa shape index (κ3) is 6.70. The van der Waals surface area contributed by atoms with Gasteiger partial charge in [-0.15, -0.1) is 0 Å². The van der Waals surface area contributed by atoms with Crippen LogP contribution >= 0.6 is 0 Å². The average molecular weight is 229 g/mol. The molecule has 1 N–H and O–H groups in total. The number of nitrogens with zero attached hydrogens (tertiary/aromatic N) is 1. The Morgan fingerprint density at radius 3 is 2.25 bits per heavy atom. The van der Waals surface area contributed by atoms with Gasteiger partial charge in [0.1, 0.15) is 0 Å². The van der Waals surface area contributed by atoms with E-state index in [9.17, 15) is 4.79 Å². The molecule has 1 atom stereocenters. The molecule has 0 spiro atoms. The van der Waals surface area contributed by atoms with Crippen molar-refractivity contribution in [1.29, 1.82) is 0 Å². The van der Waals surface area contributed by atoms with Crippen LogP contribution in [0.2, 0.25) is 0 Å². The van der Waals surface area contributed by atoms with E-state index in [2.05, 4.69) is 20.8 Å². The Bertz CT molecular complexity index is 183. The molecular formula is C13H27NO2. The van der Waals surface area contributed by atoms with E-state index in [1.165, 1.54) is 12.8 Å². The van der Waals surface area contributed by atoms with Crippen molar-refractivity contribution >= 4 is 6.09 Å². The minimum Gasteiger partial charge on any atom is -0.465 e. The molecule has 0 heterocycles. The molecule has 3 heteroatoms. The Morgan fingerprint density at radius 2 is 1.81 bits per heavy atom. The monoisotopic (exact) mass is 229 g/mol. The summed E-state index contributed by atoms with van der Waals surface area (Å²) in [6.45, 7) is 7.83. The van der Waals surface area contributed by atoms with Gasteiger partial charge in [-0.25, -0.2) is 4.79 Å². The Morgan fingerprint density at radius 1 is 1.19 bits per heavy atom. The predicted octanol–water partition coefficient (Wildman–Crippen LogP) is 3.98. The highest BCUT2D eigenvalue weighted by molar-refractivity contribution is 5.64. The minimum atomic E-state index is -0.761. The Labute approximate surface area is 99.8 Å². The summed E-state index contributed by atoms with van der Waals surface area (Å²) in [5, 5.41) is 9.10. The van der Waals surface area contributed by atoms with Gasteiger partial charge in [0.2, 0.25) is 0 Å². The normalized spacial score (nSPS) is 12.4. The van der Waals surface area contributed by atoms with Gasteiger partial charge in [0.15, 0.2) is 0 Å². The number of hydrogen-bond donors (Lipinski definition) is 1. The molecule has 3 nitrogen and oxygen atoms in total. The van der Waals surface area contributed by atoms with E-state index < -0.39 is 6.09 Å². The fourth-order valence-electron chi connectivity index (χ4n) is 1.84. The molecule has 0 rings (SSSR count). The van der Waals surface area contributed by atoms with Gasteiger partial charge in [0.25, 0.3) is 0 Å². The largest absolute Gasteiger partial charge is 0.465 e. The lowest BCUT2D eigenvalue weighted by molar-refractivity contribution is 0.134. The van der Waals surface area contributed by atoms with Gasteiger partial charge >= 0.3 is 6.09 Å². The van der Waals surface area contributed by atoms with Gasteiger partial charge in [0.05, 0.1) is 0 Å². The van der Waals surface area contributed by atoms with Crippen LogP contribution in [0.15, 0.2) is 0 Å². The van der Waals surface area contributed by atoms with Crippen LogP contribution in [0.25, 0.3) is 0 Å². The molecule has 0 bridgehead atoms. The van der Waals surface area contributed by atoms with Crippen LogP contribution in [-0.2, 0) is 0 Å². The van der Waals surface area contributed by atoms with Crippen molar-refractivity contribution in [3.8, 4) is 0 Å². The third-order valence-corrected chi connectivity index (χ3v) is 3.07. The number of hydrogen-bond acceptors (Lipinski definition) is 1. The molecule has 0 aliphatic carbocycles. The number of unbranched alkanes of at least 4 members (excludes halogenated alkanes) is 2. The van der Waals surface area contributed by atoms with E-state index in [1.807, 2.05) is 0 Å². The maximum absolute atomic E-state index is 11.1. The van der Waals surface area contributed by atoms with Gasteiger partial charge < -0.3 is 10.0 Å². The first-order valence-corrected chi connectivity index (χ1v) is 6.63. The van der Waals surface area contributed by atoms with E-state index in [4.69, 9.17) is 5.11 Å². The zero-order chi connectivity index (χ0) is 12.4. The molecule has 96 valence electrons. The minimum absolute atomic E-state index is 0.535. The van der Waals surface area contributed by atoms with Gasteiger partial charge in [-0.1, -0.05) is 46.5 Å². The maximum atomic E-state index is 11.1. The lowest BCUT2D eigenvalue weighted by atomic mass is 9.99. The highest BCUT2D eigenvalue weighted by Crippen LogP contribution is 2.14. The zero-order valence-electron chi connectivity index (χ0n) is 11.0. The van der Waals surface area contributed by atoms with E-state index in [1.54, 1.807) is 4.90 Å². The van der Waals surface area contributed by atoms with Crippen LogP contribution in [0.1, 0.15) is 59.3 Å². The van der Waals surface area contributed by atoms with Crippen molar-refractivity contribution in [1.82, 2.24) is 4.90 Å². The zero-order valence-corrected chi connectivity index (χ0v) is 11.0. The van der Waals surface area contributed by atoms with Crippen LogP contribution in [0, 0.1) is 5.92 Å². The molecular weight excluding hydrogens is 202 g/mol. The number of rotatable bonds is 9. The van der Waals surface area contributed by atoms with Crippen molar-refractivity contribution in [2.24, 2.45) is 5.92 Å². The van der Waals surface area contributed by atoms with Crippen molar-refractivity contribution in [2.75, 3.05) is 13.1 Å². The number of carboxylic acid groups (broad SMARTS) is 1. The third-order valence-electron chi connectivity index (χ3n) is 3.07. The second-order valence-electron chi connectivity index (χ2n) is 4.50. The molecule has 0 fully saturated rings. The molecule has 0 saturated carbocycles. The highest BCUT2D eigenvalue weighted by atomic mass is 16.4. The summed E-state index contributed by atoms with van der Waals surface area (Å²) >= 11 is 0. The molecule has 0 saturated heterocycles. The molecule has 16 heavy (non-hydrogen) atoms. The first-order valence-electron chi connectivity index (χ1n) is 6.63. The summed E-state index contributed by atoms with van der Waals surface area (Å²) in [6, 6.07) is 0. The fraction of sp³-hybridized carbons (Fsp3) is 0.923. The molecule has 0 radical (unpaired) electrons. The van der Waals surface area contributed by atoms with Crippen molar-refractivity contribution < 1.29 is 9.90 Å². The second kappa shape index (κ2) is 9.49. The summed E-state index contributed by atoms with van der Waals surface area (Å²) < 4.78 is 0. The smallest absolute Gasteiger partial charge is 0.407 e. The Kier molecular flexibility index (Phi) is 9.06. The fourth-order valence-corrected chi connectivity index (χ4v) is 1.84. The second-order valence-corrected chi connectivity index (χ2v) is 4.50. The topological polar surface area (TPSA) is 40.5 Å². The predicted molar refractivity (Wildman–Crippen MR) is 67.8 cm³/mol. The molecule has 1 unspecified atom stereocenters. The van der Waals surface area contributed by atoms with Crippen LogP contribution in [0.3, 0.4) is 0 Å². The summed E-state index contributed by atoms with van der Waals surface area (Å²) in [6.07, 6.45) is 5.90. The standard InChI is InChI=1S/C13H27NO2/c1-4-7-9-12(6-3)11-14(13(15)16)10-8-5-2/h12H,4-11H2,1-3H3,(H,15,16). The molecule has 0 aromatic carbocycles. The van der Waals surface area contributed by atoms with Crippen LogP contribution in [-0.4, -0.2) is 29.2 Å². The number of amides is 1. The summed E-state index contributed by atoms with van der Waals surface area (Å²) in [5.74, 6) is 0.535. The molecule has 0 aliphatic heterocycles. The first kappa shape index (κ1) is 15.3. The van der Waals surface area contributed by atoms with Crippen LogP contribution in [0.4, 0.5) is 4.79 Å². The van der Waals surface area contributed by atoms with E-state index in [0.29, 0.717) is 19.0 Å². The highest BCUT2D eigenvalue weighted by Gasteiger charge is 2.16. The molecule has 0 aliphatic rings. The van der Waals surface area contributed by atoms with Crippen molar-refractivity contribution in [3.05, 3.63) is 0 Å². The molecule has 0 aromatic heterocycles. The van der Waals surface area contributed by atoms with Crippen molar-refractivity contribution in [2.45, 2.75) is 59.3 Å². The van der Waals surface area contributed by atoms with Gasteiger partial charge in [-0.3, -0.25) is 0 Å². The lowest BCUT2D eigenvalue weighted by Gasteiger charge is -2.24. The van der Waals surface area contributed by atoms with E-state index in [-0.39, 0.29) is 0 Å². The molecule has 0 aromatic rings. The quantitative estimate of drug-likeness (QED) is 0.649. The maximum Gasteiger partial charge on any atom is 0.407 e. The summed E-state index contributed by atoms with van der Waals surface area (Å²) in [4.78, 5) is 12.6. The lowest BCUT2D eigenvalue weighted by Crippen LogP contribution is -2.35. The summed E-state index contributed by atoms with van der Waals surface area (Å²) in [5.41, 5.74) is 0. The van der Waals surface area contributed by atoms with E-state index in [0.717, 1.165) is 25.7 Å². The van der Waals surface area contributed by atoms with Crippen molar-refractivity contribution in [3.63, 3.8) is 0 Å². The average Bonchev–Trinajstić information content (AvgIpc) is 2.28. The van der Waals surface area contributed by atoms with Crippen LogP contribution in [0.5, 0.6) is 0 Å². The van der Waals surface area contributed by atoms with Gasteiger partial charge in [-0.05, 0) is 18.8 Å². The first-order chi connectivity index (χ1) is 7.65. The number of carbonyl (C=O) groups is 1. The van der Waals surface area contributed by atoms with E-state index >= 15 is 0 Å². The molecule has 1 amide bonds. The Hall–Kier alpha value is -0.730. The Balaban J connectivity index is 4.06. The van der Waals surface area contributed by atoms with Gasteiger partial charge in [-0.2, -0.15) is 0 Å². The SMILES string of the molecule is CCCCC(CC)CN(CCCC)C(=O)O. The van der Waals surface area contributed by atoms with Gasteiger partial charge in [0, 0.05) is 13.1 Å². The summed E-state index contributed by atoms with van der Waals surface area (Å²) in [7, 11) is 0. The van der Waals surface area contributed by atoms with Crippen LogP contribution < -0.4 is 0 Å².